The summed E-state index contributed by atoms with van der Waals surface area (Å²) in [5.74, 6) is 0.830. The molecule has 0 radical (unpaired) electrons. The molecule has 0 aliphatic heterocycles. The quantitative estimate of drug-likeness (QED) is 0.806. The van der Waals surface area contributed by atoms with E-state index in [2.05, 4.69) is 31.2 Å². The zero-order chi connectivity index (χ0) is 11.8. The molecule has 1 heteroatoms. The van der Waals surface area contributed by atoms with Gasteiger partial charge in [-0.25, -0.2) is 0 Å². The molecule has 86 valence electrons. The summed E-state index contributed by atoms with van der Waals surface area (Å²) in [6, 6.07) is 14.3. The van der Waals surface area contributed by atoms with Crippen molar-refractivity contribution in [2.75, 3.05) is 0 Å². The molecule has 0 bridgehead atoms. The number of hydrogen-bond acceptors (Lipinski definition) is 1. The first kappa shape index (κ1) is 10.4. The molecular formula is C16H16O. The summed E-state index contributed by atoms with van der Waals surface area (Å²) in [5.41, 5.74) is 5.32. The lowest BCUT2D eigenvalue weighted by atomic mass is 9.92. The summed E-state index contributed by atoms with van der Waals surface area (Å²) < 4.78 is 0. The SMILES string of the molecule is CCCC1c2ccccc2-c2ccc(O)cc21. The Bertz CT molecular complexity index is 557. The number of hydrogen-bond donors (Lipinski definition) is 1. The van der Waals surface area contributed by atoms with Crippen LogP contribution in [0.2, 0.25) is 0 Å². The Morgan fingerprint density at radius 3 is 2.59 bits per heavy atom. The van der Waals surface area contributed by atoms with Gasteiger partial charge in [-0.3, -0.25) is 0 Å². The van der Waals surface area contributed by atoms with E-state index in [9.17, 15) is 5.11 Å². The van der Waals surface area contributed by atoms with Crippen molar-refractivity contribution in [2.24, 2.45) is 0 Å². The van der Waals surface area contributed by atoms with E-state index in [0.717, 1.165) is 12.8 Å². The van der Waals surface area contributed by atoms with Gasteiger partial charge in [0.15, 0.2) is 0 Å². The predicted octanol–water partition coefficient (Wildman–Crippen LogP) is 4.30. The number of rotatable bonds is 2. The Balaban J connectivity index is 2.22. The second kappa shape index (κ2) is 3.92. The maximum absolute atomic E-state index is 9.66. The molecule has 0 saturated carbocycles. The third kappa shape index (κ3) is 1.54. The highest BCUT2D eigenvalue weighted by atomic mass is 16.3. The summed E-state index contributed by atoms with van der Waals surface area (Å²) in [4.78, 5) is 0. The van der Waals surface area contributed by atoms with Crippen molar-refractivity contribution in [1.82, 2.24) is 0 Å². The average Bonchev–Trinajstić information content (AvgIpc) is 2.65. The standard InChI is InChI=1S/C16H16O/c1-2-5-12-13-6-3-4-7-14(13)15-9-8-11(17)10-16(12)15/h3-4,6-10,12,17H,2,5H2,1H3. The fourth-order valence-corrected chi connectivity index (χ4v) is 2.90. The van der Waals surface area contributed by atoms with E-state index in [1.54, 1.807) is 6.07 Å². The number of phenolic OH excluding ortho intramolecular Hbond substituents is 1. The molecule has 0 heterocycles. The molecular weight excluding hydrogens is 208 g/mol. The molecule has 1 aliphatic carbocycles. The van der Waals surface area contributed by atoms with Crippen LogP contribution in [0.5, 0.6) is 5.75 Å². The maximum Gasteiger partial charge on any atom is 0.115 e. The average molecular weight is 224 g/mol. The number of aromatic hydroxyl groups is 1. The molecule has 0 aromatic heterocycles. The van der Waals surface area contributed by atoms with E-state index in [4.69, 9.17) is 0 Å². The van der Waals surface area contributed by atoms with Crippen molar-refractivity contribution in [3.63, 3.8) is 0 Å². The predicted molar refractivity (Wildman–Crippen MR) is 70.3 cm³/mol. The molecule has 1 nitrogen and oxygen atoms in total. The first-order valence-electron chi connectivity index (χ1n) is 6.23. The third-order valence-corrected chi connectivity index (χ3v) is 3.61. The van der Waals surface area contributed by atoms with Gasteiger partial charge < -0.3 is 5.11 Å². The largest absolute Gasteiger partial charge is 0.508 e. The van der Waals surface area contributed by atoms with Gasteiger partial charge in [-0.2, -0.15) is 0 Å². The molecule has 0 spiro atoms. The second-order valence-electron chi connectivity index (χ2n) is 4.70. The number of benzene rings is 2. The lowest BCUT2D eigenvalue weighted by Crippen LogP contribution is -1.95. The Morgan fingerprint density at radius 1 is 1.00 bits per heavy atom. The van der Waals surface area contributed by atoms with Gasteiger partial charge in [-0.15, -0.1) is 0 Å². The highest BCUT2D eigenvalue weighted by Crippen LogP contribution is 2.47. The van der Waals surface area contributed by atoms with Crippen LogP contribution in [0, 0.1) is 0 Å². The first-order valence-corrected chi connectivity index (χ1v) is 6.23. The Kier molecular flexibility index (Phi) is 2.40. The monoisotopic (exact) mass is 224 g/mol. The molecule has 3 rings (SSSR count). The topological polar surface area (TPSA) is 20.2 Å². The van der Waals surface area contributed by atoms with Gasteiger partial charge in [0.25, 0.3) is 0 Å². The maximum atomic E-state index is 9.66. The normalized spacial score (nSPS) is 16.6. The number of phenols is 1. The van der Waals surface area contributed by atoms with Crippen LogP contribution in [0.25, 0.3) is 11.1 Å². The Labute approximate surface area is 102 Å². The van der Waals surface area contributed by atoms with Crippen molar-refractivity contribution in [2.45, 2.75) is 25.7 Å². The van der Waals surface area contributed by atoms with E-state index in [1.165, 1.54) is 22.3 Å². The van der Waals surface area contributed by atoms with E-state index in [0.29, 0.717) is 11.7 Å². The van der Waals surface area contributed by atoms with E-state index in [-0.39, 0.29) is 0 Å². The molecule has 1 atom stereocenters. The molecule has 0 amide bonds. The van der Waals surface area contributed by atoms with Crippen molar-refractivity contribution < 1.29 is 5.11 Å². The fourth-order valence-electron chi connectivity index (χ4n) is 2.90. The summed E-state index contributed by atoms with van der Waals surface area (Å²) in [7, 11) is 0. The molecule has 1 unspecified atom stereocenters. The zero-order valence-corrected chi connectivity index (χ0v) is 9.98. The second-order valence-corrected chi connectivity index (χ2v) is 4.70. The summed E-state index contributed by atoms with van der Waals surface area (Å²) in [6.07, 6.45) is 2.31. The summed E-state index contributed by atoms with van der Waals surface area (Å²) in [6.45, 7) is 2.21. The van der Waals surface area contributed by atoms with E-state index >= 15 is 0 Å². The van der Waals surface area contributed by atoms with Crippen molar-refractivity contribution in [3.8, 4) is 16.9 Å². The van der Waals surface area contributed by atoms with Gasteiger partial charge in [-0.05, 0) is 40.8 Å². The van der Waals surface area contributed by atoms with Crippen LogP contribution in [0.4, 0.5) is 0 Å². The van der Waals surface area contributed by atoms with Crippen LogP contribution in [-0.4, -0.2) is 5.11 Å². The number of fused-ring (bicyclic) bond motifs is 3. The van der Waals surface area contributed by atoms with Crippen molar-refractivity contribution in [3.05, 3.63) is 53.6 Å². The zero-order valence-electron chi connectivity index (χ0n) is 9.98. The fraction of sp³-hybridized carbons (Fsp3) is 0.250. The van der Waals surface area contributed by atoms with Gasteiger partial charge in [0.1, 0.15) is 5.75 Å². The van der Waals surface area contributed by atoms with Crippen LogP contribution < -0.4 is 0 Å². The van der Waals surface area contributed by atoms with Crippen LogP contribution in [-0.2, 0) is 0 Å². The first-order chi connectivity index (χ1) is 8.31. The lowest BCUT2D eigenvalue weighted by molar-refractivity contribution is 0.474. The summed E-state index contributed by atoms with van der Waals surface area (Å²) >= 11 is 0. The van der Waals surface area contributed by atoms with Gasteiger partial charge in [0.2, 0.25) is 0 Å². The Morgan fingerprint density at radius 2 is 1.76 bits per heavy atom. The van der Waals surface area contributed by atoms with Crippen LogP contribution in [0.1, 0.15) is 36.8 Å². The van der Waals surface area contributed by atoms with Gasteiger partial charge >= 0.3 is 0 Å². The van der Waals surface area contributed by atoms with Crippen molar-refractivity contribution >= 4 is 0 Å². The molecule has 17 heavy (non-hydrogen) atoms. The Hall–Kier alpha value is -1.76. The van der Waals surface area contributed by atoms with Gasteiger partial charge in [-0.1, -0.05) is 43.7 Å². The molecule has 1 aliphatic rings. The lowest BCUT2D eigenvalue weighted by Gasteiger charge is -2.12. The molecule has 0 fully saturated rings. The minimum Gasteiger partial charge on any atom is -0.508 e. The highest BCUT2D eigenvalue weighted by molar-refractivity contribution is 5.79. The van der Waals surface area contributed by atoms with Gasteiger partial charge in [0, 0.05) is 5.92 Å². The van der Waals surface area contributed by atoms with E-state index < -0.39 is 0 Å². The minimum atomic E-state index is 0.373. The minimum absolute atomic E-state index is 0.373. The van der Waals surface area contributed by atoms with Gasteiger partial charge in [0.05, 0.1) is 0 Å². The molecule has 2 aromatic carbocycles. The van der Waals surface area contributed by atoms with Crippen LogP contribution in [0.15, 0.2) is 42.5 Å². The van der Waals surface area contributed by atoms with Crippen LogP contribution in [0.3, 0.4) is 0 Å². The van der Waals surface area contributed by atoms with E-state index in [1.807, 2.05) is 12.1 Å². The smallest absolute Gasteiger partial charge is 0.115 e. The highest BCUT2D eigenvalue weighted by Gasteiger charge is 2.27. The molecule has 0 saturated heterocycles. The third-order valence-electron chi connectivity index (χ3n) is 3.61. The summed E-state index contributed by atoms with van der Waals surface area (Å²) in [5, 5.41) is 9.66. The molecule has 1 N–H and O–H groups in total. The van der Waals surface area contributed by atoms with Crippen molar-refractivity contribution in [1.29, 1.82) is 0 Å². The molecule has 2 aromatic rings. The van der Waals surface area contributed by atoms with Crippen LogP contribution >= 0.6 is 0 Å².